The van der Waals surface area contributed by atoms with E-state index < -0.39 is 66.5 Å². The molecule has 3 amide bonds. The van der Waals surface area contributed by atoms with E-state index in [-0.39, 0.29) is 114 Å². The standard InChI is InChI=1S/C53H91N3O17/c1-40(2)47(60)39-73-36-33-70-31-20-23-44(59)38-72-35-34-71-32-30-54-48(61)28-25-45(52(66)67)56-50(63)29-26-46(53(68)69)55-49(62)27-24-42(51(64)65)37-43(58)22-19-17-15-13-11-9-7-5-4-6-8-10-12-14-16-18-21-41(3)57/h40,42,45-46H,4-39H2,1-3H3,(H,54,61)(H,55,62)(H,56,63)(H,64,65)(H,66,67)(H,68,69)/t42-,45+,46+/m1/s1. The van der Waals surface area contributed by atoms with Gasteiger partial charge in [-0.2, -0.15) is 0 Å². The van der Waals surface area contributed by atoms with Crippen molar-refractivity contribution in [2.45, 2.75) is 206 Å². The van der Waals surface area contributed by atoms with Crippen molar-refractivity contribution in [3.05, 3.63) is 0 Å². The predicted octanol–water partition coefficient (Wildman–Crippen LogP) is 6.49. The van der Waals surface area contributed by atoms with Crippen molar-refractivity contribution in [3.63, 3.8) is 0 Å². The summed E-state index contributed by atoms with van der Waals surface area (Å²) in [6.45, 7) is 6.74. The van der Waals surface area contributed by atoms with E-state index in [9.17, 15) is 63.3 Å². The van der Waals surface area contributed by atoms with Crippen molar-refractivity contribution in [1.82, 2.24) is 16.0 Å². The van der Waals surface area contributed by atoms with Gasteiger partial charge in [-0.1, -0.05) is 104 Å². The van der Waals surface area contributed by atoms with E-state index >= 15 is 0 Å². The number of ether oxygens (including phenoxy) is 4. The average molecular weight is 1040 g/mol. The summed E-state index contributed by atoms with van der Waals surface area (Å²) in [7, 11) is 0. The van der Waals surface area contributed by atoms with Gasteiger partial charge in [0.2, 0.25) is 17.7 Å². The third-order valence-corrected chi connectivity index (χ3v) is 12.1. The Morgan fingerprint density at radius 3 is 1.29 bits per heavy atom. The highest BCUT2D eigenvalue weighted by atomic mass is 16.5. The van der Waals surface area contributed by atoms with Crippen LogP contribution in [0, 0.1) is 11.8 Å². The fraction of sp³-hybridized carbons (Fsp3) is 0.811. The molecule has 0 unspecified atom stereocenters. The Morgan fingerprint density at radius 1 is 0.411 bits per heavy atom. The van der Waals surface area contributed by atoms with Crippen molar-refractivity contribution in [2.75, 3.05) is 59.4 Å². The molecule has 6 N–H and O–H groups in total. The Bertz CT molecular complexity index is 1610. The molecule has 0 aromatic heterocycles. The van der Waals surface area contributed by atoms with Gasteiger partial charge in [0.25, 0.3) is 0 Å². The highest BCUT2D eigenvalue weighted by molar-refractivity contribution is 5.87. The number of carboxylic acid groups (broad SMARTS) is 3. The summed E-state index contributed by atoms with van der Waals surface area (Å²) in [5.41, 5.74) is 0. The molecular formula is C53H91N3O17. The second kappa shape index (κ2) is 45.9. The fourth-order valence-corrected chi connectivity index (χ4v) is 7.52. The number of amides is 3. The van der Waals surface area contributed by atoms with Gasteiger partial charge in [0, 0.05) is 64.0 Å². The first-order valence-electron chi connectivity index (χ1n) is 26.8. The minimum absolute atomic E-state index is 0.0233. The molecule has 20 nitrogen and oxygen atoms in total. The highest BCUT2D eigenvalue weighted by Crippen LogP contribution is 2.18. The maximum atomic E-state index is 12.6. The zero-order valence-electron chi connectivity index (χ0n) is 44.3. The van der Waals surface area contributed by atoms with Crippen LogP contribution in [0.1, 0.15) is 194 Å². The Morgan fingerprint density at radius 2 is 0.822 bits per heavy atom. The molecule has 20 heteroatoms. The van der Waals surface area contributed by atoms with Crippen LogP contribution >= 0.6 is 0 Å². The SMILES string of the molecule is CC(=O)CCCCCCCCCCCCCCCCCCC(=O)C[C@@H](CCC(=O)N[C@@H](CCC(=O)N[C@@H](CCC(=O)NCCOCCOCC(=O)CCCOCCOCC(=O)C(C)C)C(=O)O)C(=O)O)C(=O)O. The minimum Gasteiger partial charge on any atom is -0.481 e. The highest BCUT2D eigenvalue weighted by Gasteiger charge is 2.26. The van der Waals surface area contributed by atoms with E-state index in [1.165, 1.54) is 57.8 Å². The average Bonchev–Trinajstić information content (AvgIpc) is 3.33. The summed E-state index contributed by atoms with van der Waals surface area (Å²) < 4.78 is 21.3. The summed E-state index contributed by atoms with van der Waals surface area (Å²) in [6.07, 6.45) is 17.7. The van der Waals surface area contributed by atoms with Gasteiger partial charge in [-0.3, -0.25) is 33.6 Å². The number of rotatable bonds is 53. The number of hydrogen-bond donors (Lipinski definition) is 6. The van der Waals surface area contributed by atoms with Crippen molar-refractivity contribution < 1.29 is 82.2 Å². The number of ketones is 4. The van der Waals surface area contributed by atoms with Crippen LogP contribution < -0.4 is 16.0 Å². The molecule has 420 valence electrons. The van der Waals surface area contributed by atoms with Gasteiger partial charge in [-0.15, -0.1) is 0 Å². The number of unbranched alkanes of at least 4 members (excludes halogenated alkanes) is 15. The molecule has 0 aliphatic carbocycles. The lowest BCUT2D eigenvalue weighted by molar-refractivity contribution is -0.145. The molecule has 0 saturated carbocycles. The lowest BCUT2D eigenvalue weighted by atomic mass is 9.94. The zero-order valence-corrected chi connectivity index (χ0v) is 44.3. The minimum atomic E-state index is -1.53. The van der Waals surface area contributed by atoms with Gasteiger partial charge < -0.3 is 55.0 Å². The number of aliphatic carboxylic acids is 3. The Labute approximate surface area is 433 Å². The van der Waals surface area contributed by atoms with Gasteiger partial charge in [-0.25, -0.2) is 9.59 Å². The number of Topliss-reactive ketones (excluding diaryl/α,β-unsaturated/α-hetero) is 4. The summed E-state index contributed by atoms with van der Waals surface area (Å²) in [5.74, 6) is -7.42. The molecule has 0 bridgehead atoms. The van der Waals surface area contributed by atoms with Gasteiger partial charge in [-0.05, 0) is 45.4 Å². The molecule has 0 fully saturated rings. The molecule has 0 aliphatic heterocycles. The van der Waals surface area contributed by atoms with Crippen LogP contribution in [0.25, 0.3) is 0 Å². The normalized spacial score (nSPS) is 12.4. The van der Waals surface area contributed by atoms with E-state index in [1.807, 2.05) is 0 Å². The molecule has 0 saturated heterocycles. The molecule has 0 aromatic carbocycles. The van der Waals surface area contributed by atoms with Gasteiger partial charge >= 0.3 is 17.9 Å². The molecule has 0 aliphatic rings. The molecule has 0 spiro atoms. The first kappa shape index (κ1) is 68.3. The lowest BCUT2D eigenvalue weighted by Crippen LogP contribution is -2.44. The van der Waals surface area contributed by atoms with E-state index in [0.29, 0.717) is 39.1 Å². The maximum Gasteiger partial charge on any atom is 0.326 e. The summed E-state index contributed by atoms with van der Waals surface area (Å²) in [4.78, 5) is 120. The number of nitrogens with one attached hydrogen (secondary N) is 3. The molecular weight excluding hydrogens is 951 g/mol. The van der Waals surface area contributed by atoms with Crippen molar-refractivity contribution in [2.24, 2.45) is 11.8 Å². The summed E-state index contributed by atoms with van der Waals surface area (Å²) in [5, 5.41) is 36.0. The third kappa shape index (κ3) is 43.5. The number of hydrogen-bond acceptors (Lipinski definition) is 14. The lowest BCUT2D eigenvalue weighted by Gasteiger charge is -2.17. The van der Waals surface area contributed by atoms with Crippen LogP contribution in [-0.4, -0.2) is 146 Å². The number of carbonyl (C=O) groups excluding carboxylic acids is 7. The largest absolute Gasteiger partial charge is 0.481 e. The molecule has 0 heterocycles. The summed E-state index contributed by atoms with van der Waals surface area (Å²) in [6, 6.07) is -2.99. The maximum absolute atomic E-state index is 12.6. The monoisotopic (exact) mass is 1040 g/mol. The molecule has 0 radical (unpaired) electrons. The van der Waals surface area contributed by atoms with Crippen molar-refractivity contribution in [3.8, 4) is 0 Å². The van der Waals surface area contributed by atoms with Gasteiger partial charge in [0.1, 0.15) is 36.9 Å². The van der Waals surface area contributed by atoms with Crippen LogP contribution in [0.2, 0.25) is 0 Å². The Balaban J connectivity index is 4.20. The molecule has 0 rings (SSSR count). The van der Waals surface area contributed by atoms with Gasteiger partial charge in [0.15, 0.2) is 11.6 Å². The topological polar surface area (TPSA) is 304 Å². The Hall–Kier alpha value is -4.66. The van der Waals surface area contributed by atoms with Crippen LogP contribution in [0.3, 0.4) is 0 Å². The van der Waals surface area contributed by atoms with Crippen LogP contribution in [0.15, 0.2) is 0 Å². The zero-order chi connectivity index (χ0) is 54.5. The molecule has 0 aromatic rings. The predicted molar refractivity (Wildman–Crippen MR) is 272 cm³/mol. The third-order valence-electron chi connectivity index (χ3n) is 12.1. The first-order valence-corrected chi connectivity index (χ1v) is 26.8. The van der Waals surface area contributed by atoms with Crippen LogP contribution in [0.5, 0.6) is 0 Å². The number of carboxylic acids is 3. The first-order chi connectivity index (χ1) is 34.9. The van der Waals surface area contributed by atoms with Crippen molar-refractivity contribution in [1.29, 1.82) is 0 Å². The molecule has 3 atom stereocenters. The number of carbonyl (C=O) groups is 10. The molecule has 73 heavy (non-hydrogen) atoms. The van der Waals surface area contributed by atoms with Crippen LogP contribution in [0.4, 0.5) is 0 Å². The fourth-order valence-electron chi connectivity index (χ4n) is 7.52. The Kier molecular flexibility index (Phi) is 43.0. The quantitative estimate of drug-likeness (QED) is 0.0355. The second-order valence-electron chi connectivity index (χ2n) is 19.1. The smallest absolute Gasteiger partial charge is 0.326 e. The second-order valence-corrected chi connectivity index (χ2v) is 19.1. The van der Waals surface area contributed by atoms with E-state index in [1.54, 1.807) is 20.8 Å². The van der Waals surface area contributed by atoms with Crippen LogP contribution in [-0.2, 0) is 66.9 Å². The van der Waals surface area contributed by atoms with Gasteiger partial charge in [0.05, 0.1) is 39.0 Å². The summed E-state index contributed by atoms with van der Waals surface area (Å²) >= 11 is 0. The van der Waals surface area contributed by atoms with E-state index in [4.69, 9.17) is 18.9 Å². The van der Waals surface area contributed by atoms with E-state index in [0.717, 1.165) is 38.5 Å². The van der Waals surface area contributed by atoms with E-state index in [2.05, 4.69) is 16.0 Å². The van der Waals surface area contributed by atoms with Crippen molar-refractivity contribution >= 4 is 58.8 Å².